The maximum Gasteiger partial charge on any atom is 0.239 e. The lowest BCUT2D eigenvalue weighted by Crippen LogP contribution is -2.42. The highest BCUT2D eigenvalue weighted by Gasteiger charge is 2.15. The van der Waals surface area contributed by atoms with Crippen LogP contribution in [0.1, 0.15) is 19.5 Å². The molecule has 1 aromatic rings. The summed E-state index contributed by atoms with van der Waals surface area (Å²) in [6.07, 6.45) is 2.00. The van der Waals surface area contributed by atoms with Gasteiger partial charge in [0.1, 0.15) is 0 Å². The summed E-state index contributed by atoms with van der Waals surface area (Å²) in [4.78, 5) is 13.5. The van der Waals surface area contributed by atoms with Crippen LogP contribution in [0.3, 0.4) is 0 Å². The summed E-state index contributed by atoms with van der Waals surface area (Å²) in [5, 5.41) is 3.23. The molecule has 0 saturated carbocycles. The molecule has 0 fully saturated rings. The van der Waals surface area contributed by atoms with Gasteiger partial charge in [-0.15, -0.1) is 0 Å². The summed E-state index contributed by atoms with van der Waals surface area (Å²) in [6, 6.07) is 3.91. The van der Waals surface area contributed by atoms with E-state index < -0.39 is 0 Å². The molecule has 90 valence electrons. The van der Waals surface area contributed by atoms with Gasteiger partial charge in [-0.25, -0.2) is 0 Å². The fourth-order valence-electron chi connectivity index (χ4n) is 1.51. The van der Waals surface area contributed by atoms with Crippen molar-refractivity contribution in [2.75, 3.05) is 13.6 Å². The highest BCUT2D eigenvalue weighted by Crippen LogP contribution is 2.00. The van der Waals surface area contributed by atoms with Crippen LogP contribution >= 0.6 is 0 Å². The number of likely N-dealkylation sites (N-methyl/N-ethyl adjacent to an activating group) is 1. The minimum atomic E-state index is -0.139. The fraction of sp³-hybridized carbons (Fsp3) is 0.583. The smallest absolute Gasteiger partial charge is 0.239 e. The number of aromatic nitrogens is 1. The van der Waals surface area contributed by atoms with Gasteiger partial charge in [0, 0.05) is 39.1 Å². The molecule has 4 nitrogen and oxygen atoms in total. The molecule has 1 unspecified atom stereocenters. The van der Waals surface area contributed by atoms with Crippen molar-refractivity contribution >= 4 is 5.91 Å². The van der Waals surface area contributed by atoms with Crippen molar-refractivity contribution in [3.05, 3.63) is 24.0 Å². The fourth-order valence-corrected chi connectivity index (χ4v) is 1.51. The molecule has 16 heavy (non-hydrogen) atoms. The Morgan fingerprint density at radius 2 is 2.31 bits per heavy atom. The Hall–Kier alpha value is -1.29. The monoisotopic (exact) mass is 223 g/mol. The summed E-state index contributed by atoms with van der Waals surface area (Å²) in [5.74, 6) is 0.136. The van der Waals surface area contributed by atoms with Gasteiger partial charge < -0.3 is 14.8 Å². The zero-order valence-electron chi connectivity index (χ0n) is 10.5. The van der Waals surface area contributed by atoms with Crippen molar-refractivity contribution in [3.63, 3.8) is 0 Å². The molecule has 0 aliphatic rings. The van der Waals surface area contributed by atoms with Gasteiger partial charge >= 0.3 is 0 Å². The largest absolute Gasteiger partial charge is 0.353 e. The molecule has 0 saturated heterocycles. The molecule has 0 spiro atoms. The molecule has 0 aromatic carbocycles. The number of carbonyl (C=O) groups excluding carboxylic acids is 1. The Labute approximate surface area is 97.2 Å². The predicted octanol–water partition coefficient (Wildman–Crippen LogP) is 0.981. The van der Waals surface area contributed by atoms with E-state index in [4.69, 9.17) is 0 Å². The van der Waals surface area contributed by atoms with Gasteiger partial charge in [0.25, 0.3) is 0 Å². The number of rotatable bonds is 5. The average molecular weight is 223 g/mol. The van der Waals surface area contributed by atoms with E-state index in [-0.39, 0.29) is 11.9 Å². The highest BCUT2D eigenvalue weighted by atomic mass is 16.2. The van der Waals surface area contributed by atoms with Crippen LogP contribution in [0, 0.1) is 0 Å². The molecule has 4 heteroatoms. The number of carbonyl (C=O) groups is 1. The molecule has 1 atom stereocenters. The summed E-state index contributed by atoms with van der Waals surface area (Å²) < 4.78 is 2.05. The van der Waals surface area contributed by atoms with Gasteiger partial charge in [0.15, 0.2) is 0 Å². The average Bonchev–Trinajstić information content (AvgIpc) is 2.69. The van der Waals surface area contributed by atoms with Crippen LogP contribution in [0.2, 0.25) is 0 Å². The van der Waals surface area contributed by atoms with Gasteiger partial charge in [-0.3, -0.25) is 4.79 Å². The lowest BCUT2D eigenvalue weighted by Gasteiger charge is -2.20. The Kier molecular flexibility index (Phi) is 4.55. The van der Waals surface area contributed by atoms with Crippen molar-refractivity contribution in [2.24, 2.45) is 7.05 Å². The number of hydrogen-bond acceptors (Lipinski definition) is 2. The third kappa shape index (κ3) is 3.10. The first-order valence-corrected chi connectivity index (χ1v) is 5.64. The first kappa shape index (κ1) is 12.8. The quantitative estimate of drug-likeness (QED) is 0.808. The second-order valence-corrected chi connectivity index (χ2v) is 4.07. The summed E-state index contributed by atoms with van der Waals surface area (Å²) >= 11 is 0. The lowest BCUT2D eigenvalue weighted by molar-refractivity contribution is -0.131. The van der Waals surface area contributed by atoms with Crippen molar-refractivity contribution in [2.45, 2.75) is 26.4 Å². The third-order valence-electron chi connectivity index (χ3n) is 2.86. The number of amides is 1. The molecule has 1 heterocycles. The zero-order chi connectivity index (χ0) is 12.1. The lowest BCUT2D eigenvalue weighted by atomic mass is 10.3. The first-order valence-electron chi connectivity index (χ1n) is 5.64. The van der Waals surface area contributed by atoms with Crippen LogP contribution < -0.4 is 5.32 Å². The maximum absolute atomic E-state index is 11.8. The Balaban J connectivity index is 2.44. The van der Waals surface area contributed by atoms with E-state index >= 15 is 0 Å². The van der Waals surface area contributed by atoms with E-state index in [0.29, 0.717) is 6.54 Å². The first-order chi connectivity index (χ1) is 7.56. The van der Waals surface area contributed by atoms with Crippen molar-refractivity contribution < 1.29 is 4.79 Å². The number of nitrogens with one attached hydrogen (secondary N) is 1. The van der Waals surface area contributed by atoms with E-state index in [1.165, 1.54) is 5.69 Å². The SMILES string of the molecule is CCN(C)C(=O)C(C)NCc1cccn1C. The molecule has 0 bridgehead atoms. The molecular formula is C12H21N3O. The predicted molar refractivity (Wildman–Crippen MR) is 65.0 cm³/mol. The van der Waals surface area contributed by atoms with E-state index in [0.717, 1.165) is 6.54 Å². The van der Waals surface area contributed by atoms with Crippen LogP contribution in [-0.4, -0.2) is 35.0 Å². The Bertz CT molecular complexity index is 346. The Morgan fingerprint density at radius 3 is 2.81 bits per heavy atom. The van der Waals surface area contributed by atoms with Gasteiger partial charge in [-0.05, 0) is 26.0 Å². The minimum absolute atomic E-state index is 0.136. The van der Waals surface area contributed by atoms with Gasteiger partial charge in [0.2, 0.25) is 5.91 Å². The molecule has 0 radical (unpaired) electrons. The second-order valence-electron chi connectivity index (χ2n) is 4.07. The maximum atomic E-state index is 11.8. The topological polar surface area (TPSA) is 37.3 Å². The number of nitrogens with zero attached hydrogens (tertiary/aromatic N) is 2. The summed E-state index contributed by atoms with van der Waals surface area (Å²) in [6.45, 7) is 5.34. The van der Waals surface area contributed by atoms with Gasteiger partial charge in [0.05, 0.1) is 6.04 Å². The van der Waals surface area contributed by atoms with Gasteiger partial charge in [-0.1, -0.05) is 0 Å². The van der Waals surface area contributed by atoms with E-state index in [1.54, 1.807) is 4.90 Å². The van der Waals surface area contributed by atoms with Crippen LogP contribution in [0.15, 0.2) is 18.3 Å². The minimum Gasteiger partial charge on any atom is -0.353 e. The summed E-state index contributed by atoms with van der Waals surface area (Å²) in [7, 11) is 3.82. The van der Waals surface area contributed by atoms with E-state index in [2.05, 4.69) is 5.32 Å². The Morgan fingerprint density at radius 1 is 1.62 bits per heavy atom. The third-order valence-corrected chi connectivity index (χ3v) is 2.86. The van der Waals surface area contributed by atoms with Crippen LogP contribution in [-0.2, 0) is 18.4 Å². The van der Waals surface area contributed by atoms with Crippen molar-refractivity contribution in [1.29, 1.82) is 0 Å². The van der Waals surface area contributed by atoms with Crippen LogP contribution in [0.4, 0.5) is 0 Å². The second kappa shape index (κ2) is 5.70. The number of hydrogen-bond donors (Lipinski definition) is 1. The molecular weight excluding hydrogens is 202 g/mol. The van der Waals surface area contributed by atoms with Crippen LogP contribution in [0.5, 0.6) is 0 Å². The van der Waals surface area contributed by atoms with Crippen LogP contribution in [0.25, 0.3) is 0 Å². The molecule has 0 aliphatic heterocycles. The van der Waals surface area contributed by atoms with Crippen molar-refractivity contribution in [3.8, 4) is 0 Å². The molecule has 1 amide bonds. The normalized spacial score (nSPS) is 12.5. The molecule has 1 rings (SSSR count). The molecule has 1 aromatic heterocycles. The van der Waals surface area contributed by atoms with Gasteiger partial charge in [-0.2, -0.15) is 0 Å². The van der Waals surface area contributed by atoms with E-state index in [1.807, 2.05) is 50.8 Å². The van der Waals surface area contributed by atoms with E-state index in [9.17, 15) is 4.79 Å². The standard InChI is InChI=1S/C12H21N3O/c1-5-14(3)12(16)10(2)13-9-11-7-6-8-15(11)4/h6-8,10,13H,5,9H2,1-4H3. The molecule has 0 aliphatic carbocycles. The van der Waals surface area contributed by atoms with Crippen molar-refractivity contribution in [1.82, 2.24) is 14.8 Å². The molecule has 1 N–H and O–H groups in total. The number of aryl methyl sites for hydroxylation is 1. The highest BCUT2D eigenvalue weighted by molar-refractivity contribution is 5.81. The summed E-state index contributed by atoms with van der Waals surface area (Å²) in [5.41, 5.74) is 1.18. The zero-order valence-corrected chi connectivity index (χ0v) is 10.5.